The van der Waals surface area contributed by atoms with E-state index < -0.39 is 15.6 Å². The third-order valence-corrected chi connectivity index (χ3v) is 36.8. The summed E-state index contributed by atoms with van der Waals surface area (Å²) >= 11 is -2.68. The number of carbonyl (C=O) groups is 3. The van der Waals surface area contributed by atoms with E-state index in [1.54, 1.807) is 26.8 Å². The molecule has 0 fully saturated rings. The SMILES string of the molecule is CCCCCCCCCCOC(=O)C[S][Sn]([S]CC(=O)OCCCCCCCCCC)[S]C(C(=O)OCCCCCCCCCC)C(CCC)CCCCCCCC. The van der Waals surface area contributed by atoms with Crippen molar-refractivity contribution in [1.82, 2.24) is 0 Å². The van der Waals surface area contributed by atoms with E-state index in [0.717, 1.165) is 64.2 Å². The number of rotatable bonds is 46. The normalized spacial score (nSPS) is 12.5. The van der Waals surface area contributed by atoms with Gasteiger partial charge in [-0.3, -0.25) is 0 Å². The second-order valence-electron chi connectivity index (χ2n) is 16.5. The summed E-state index contributed by atoms with van der Waals surface area (Å²) in [6.45, 7) is 12.6. The van der Waals surface area contributed by atoms with Gasteiger partial charge in [0.1, 0.15) is 0 Å². The molecule has 0 heterocycles. The summed E-state index contributed by atoms with van der Waals surface area (Å²) in [5, 5.41) is -0.249. The number of esters is 3. The van der Waals surface area contributed by atoms with E-state index in [2.05, 4.69) is 34.6 Å². The third kappa shape index (κ3) is 39.1. The van der Waals surface area contributed by atoms with Crippen LogP contribution in [0.5, 0.6) is 0 Å². The number of carbonyl (C=O) groups excluding carboxylic acids is 3. The van der Waals surface area contributed by atoms with E-state index in [9.17, 15) is 14.4 Å². The molecule has 2 atom stereocenters. The molecule has 0 aliphatic rings. The zero-order valence-corrected chi connectivity index (χ0v) is 44.0. The van der Waals surface area contributed by atoms with Crippen molar-refractivity contribution in [2.75, 3.05) is 31.3 Å². The van der Waals surface area contributed by atoms with Crippen molar-refractivity contribution in [2.45, 2.75) is 252 Å². The predicted octanol–water partition coefficient (Wildman–Crippen LogP) is 15.8. The Balaban J connectivity index is 5.50. The summed E-state index contributed by atoms with van der Waals surface area (Å²) < 4.78 is 17.5. The molecule has 0 aromatic heterocycles. The van der Waals surface area contributed by atoms with Crippen LogP contribution in [0.2, 0.25) is 0 Å². The molecule has 0 bridgehead atoms. The molecule has 0 aromatic carbocycles. The number of hydrogen-bond acceptors (Lipinski definition) is 9. The van der Waals surface area contributed by atoms with Gasteiger partial charge in [0.05, 0.1) is 0 Å². The van der Waals surface area contributed by atoms with Gasteiger partial charge in [-0.05, 0) is 0 Å². The zero-order valence-electron chi connectivity index (χ0n) is 38.7. The molecule has 343 valence electrons. The van der Waals surface area contributed by atoms with Crippen molar-refractivity contribution >= 4 is 60.4 Å². The molecule has 0 spiro atoms. The Labute approximate surface area is 375 Å². The van der Waals surface area contributed by atoms with Gasteiger partial charge >= 0.3 is 338 Å². The molecule has 1 radical (unpaired) electrons. The van der Waals surface area contributed by atoms with Crippen LogP contribution in [0, 0.1) is 5.92 Å². The summed E-state index contributed by atoms with van der Waals surface area (Å²) in [6, 6.07) is 0. The van der Waals surface area contributed by atoms with Crippen molar-refractivity contribution in [3.8, 4) is 0 Å². The molecule has 10 heteroatoms. The topological polar surface area (TPSA) is 78.9 Å². The van der Waals surface area contributed by atoms with Gasteiger partial charge in [0.25, 0.3) is 0 Å². The Kier molecular flexibility index (Phi) is 47.0. The molecule has 0 saturated carbocycles. The van der Waals surface area contributed by atoms with Gasteiger partial charge in [0.15, 0.2) is 0 Å². The average Bonchev–Trinajstić information content (AvgIpc) is 3.22. The fourth-order valence-electron chi connectivity index (χ4n) is 7.21. The van der Waals surface area contributed by atoms with Crippen LogP contribution >= 0.6 is 26.8 Å². The summed E-state index contributed by atoms with van der Waals surface area (Å²) in [5.41, 5.74) is 0. The van der Waals surface area contributed by atoms with Gasteiger partial charge in [-0.15, -0.1) is 0 Å². The fraction of sp³-hybridized carbons (Fsp3) is 0.938. The van der Waals surface area contributed by atoms with Gasteiger partial charge in [0.2, 0.25) is 0 Å². The van der Waals surface area contributed by atoms with Crippen molar-refractivity contribution in [3.63, 3.8) is 0 Å². The van der Waals surface area contributed by atoms with Crippen molar-refractivity contribution in [2.24, 2.45) is 5.92 Å². The van der Waals surface area contributed by atoms with E-state index in [4.69, 9.17) is 14.2 Å². The number of ether oxygens (including phenoxy) is 3. The first kappa shape index (κ1) is 58.3. The first-order valence-electron chi connectivity index (χ1n) is 24.7. The van der Waals surface area contributed by atoms with E-state index in [1.807, 2.05) is 0 Å². The van der Waals surface area contributed by atoms with E-state index >= 15 is 0 Å². The number of hydrogen-bond donors (Lipinski definition) is 0. The fourth-order valence-corrected chi connectivity index (χ4v) is 32.4. The van der Waals surface area contributed by atoms with Crippen LogP contribution in [-0.2, 0) is 28.6 Å². The Bertz CT molecular complexity index is 875. The molecule has 0 amide bonds. The molecule has 0 aliphatic carbocycles. The quantitative estimate of drug-likeness (QED) is 0.0256. The van der Waals surface area contributed by atoms with Gasteiger partial charge < -0.3 is 0 Å². The summed E-state index contributed by atoms with van der Waals surface area (Å²) in [4.78, 5) is 40.0. The second-order valence-corrected chi connectivity index (χ2v) is 40.2. The van der Waals surface area contributed by atoms with Crippen molar-refractivity contribution < 1.29 is 28.6 Å². The van der Waals surface area contributed by atoms with E-state index in [0.29, 0.717) is 19.8 Å². The molecule has 0 saturated heterocycles. The standard InChI is InChI=1S/C24H48O2S.2C12H24O2S.Sn/c1-4-7-9-11-13-14-16-18-21-26-24(25)23(27)22(19-6-3)20-17-15-12-10-8-5-2;2*1-2-3-4-5-6-7-8-9-10-14-12(13)11-15;/h22-23,27H,4-21H2,1-3H3;2*15H,2-11H2,1H3;/q;;;+3/p-3. The van der Waals surface area contributed by atoms with Crippen LogP contribution in [0.25, 0.3) is 0 Å². The number of unbranched alkanes of at least 4 members (excludes halogenated alkanes) is 26. The summed E-state index contributed by atoms with van der Waals surface area (Å²) in [5.74, 6) is 0.397. The molecule has 0 rings (SSSR count). The minimum absolute atomic E-state index is 0.0776. The zero-order chi connectivity index (χ0) is 42.6. The predicted molar refractivity (Wildman–Crippen MR) is 259 cm³/mol. The molecule has 0 N–H and O–H groups in total. The first-order chi connectivity index (χ1) is 28.4. The van der Waals surface area contributed by atoms with Gasteiger partial charge in [-0.2, -0.15) is 0 Å². The molecule has 6 nitrogen and oxygen atoms in total. The average molecular weight is 981 g/mol. The molecule has 2 unspecified atom stereocenters. The van der Waals surface area contributed by atoms with Crippen LogP contribution in [0.1, 0.15) is 247 Å². The molecular formula is C48H93O6S3Sn. The van der Waals surface area contributed by atoms with Gasteiger partial charge in [-0.25, -0.2) is 0 Å². The molecule has 0 aromatic rings. The maximum absolute atomic E-state index is 14.0. The van der Waals surface area contributed by atoms with Crippen LogP contribution in [0.15, 0.2) is 0 Å². The monoisotopic (exact) mass is 982 g/mol. The van der Waals surface area contributed by atoms with Crippen LogP contribution < -0.4 is 0 Å². The molecule has 0 aliphatic heterocycles. The Morgan fingerprint density at radius 2 is 0.724 bits per heavy atom. The minimum atomic E-state index is -2.68. The Morgan fingerprint density at radius 1 is 0.397 bits per heavy atom. The molecular weight excluding hydrogens is 887 g/mol. The summed E-state index contributed by atoms with van der Waals surface area (Å²) in [6.07, 6.45) is 39.4. The Hall–Kier alpha value is 0.259. The third-order valence-electron chi connectivity index (χ3n) is 10.9. The second kappa shape index (κ2) is 46.8. The Morgan fingerprint density at radius 3 is 1.09 bits per heavy atom. The first-order valence-corrected chi connectivity index (χ1v) is 38.0. The maximum atomic E-state index is 14.0. The van der Waals surface area contributed by atoms with Gasteiger partial charge in [0, 0.05) is 0 Å². The van der Waals surface area contributed by atoms with Crippen molar-refractivity contribution in [3.05, 3.63) is 0 Å². The van der Waals surface area contributed by atoms with E-state index in [-0.39, 0.29) is 40.6 Å². The summed E-state index contributed by atoms with van der Waals surface area (Å²) in [7, 11) is 5.18. The van der Waals surface area contributed by atoms with Crippen LogP contribution in [0.4, 0.5) is 0 Å². The molecule has 58 heavy (non-hydrogen) atoms. The van der Waals surface area contributed by atoms with Crippen molar-refractivity contribution in [1.29, 1.82) is 0 Å². The van der Waals surface area contributed by atoms with Crippen LogP contribution in [0.3, 0.4) is 0 Å². The van der Waals surface area contributed by atoms with E-state index in [1.165, 1.54) is 148 Å². The van der Waals surface area contributed by atoms with Gasteiger partial charge in [-0.1, -0.05) is 40.0 Å². The van der Waals surface area contributed by atoms with Crippen LogP contribution in [-0.4, -0.2) is 70.1 Å².